The molecule has 0 aliphatic carbocycles. The molecule has 0 unspecified atom stereocenters. The van der Waals surface area contributed by atoms with Gasteiger partial charge in [-0.2, -0.15) is 18.3 Å². The van der Waals surface area contributed by atoms with Crippen molar-refractivity contribution in [3.05, 3.63) is 11.8 Å². The number of halogens is 3. The van der Waals surface area contributed by atoms with Crippen molar-refractivity contribution in [2.24, 2.45) is 5.73 Å². The highest BCUT2D eigenvalue weighted by atomic mass is 32.1. The van der Waals surface area contributed by atoms with E-state index in [0.717, 1.165) is 0 Å². The summed E-state index contributed by atoms with van der Waals surface area (Å²) in [4.78, 5) is 11.4. The number of hydrogen-bond donors (Lipinski definition) is 3. The Kier molecular flexibility index (Phi) is 5.24. The minimum absolute atomic E-state index is 0.0392. The molecule has 106 valence electrons. The zero-order chi connectivity index (χ0) is 14.5. The van der Waals surface area contributed by atoms with Crippen molar-refractivity contribution < 1.29 is 22.7 Å². The number of alkyl halides is 3. The van der Waals surface area contributed by atoms with Gasteiger partial charge < -0.3 is 15.8 Å². The van der Waals surface area contributed by atoms with Crippen LogP contribution in [0.2, 0.25) is 0 Å². The van der Waals surface area contributed by atoms with Gasteiger partial charge in [0, 0.05) is 0 Å². The standard InChI is InChI=1S/C9H11F3N4O2S/c10-9(11,12)4-18-2-1-6(17)15-8-5(7(13)19)3-14-16-8/h3H,1-2,4H2,(H2,13,19)(H2,14,15,16,17). The Hall–Kier alpha value is -1.68. The van der Waals surface area contributed by atoms with Crippen molar-refractivity contribution in [3.63, 3.8) is 0 Å². The van der Waals surface area contributed by atoms with Crippen LogP contribution in [0.3, 0.4) is 0 Å². The van der Waals surface area contributed by atoms with E-state index in [4.69, 9.17) is 18.0 Å². The molecule has 0 bridgehead atoms. The van der Waals surface area contributed by atoms with E-state index in [1.54, 1.807) is 0 Å². The van der Waals surface area contributed by atoms with Crippen LogP contribution in [-0.4, -0.2) is 40.5 Å². The molecule has 0 aliphatic rings. The highest BCUT2D eigenvalue weighted by Crippen LogP contribution is 2.14. The number of thiocarbonyl (C=S) groups is 1. The maximum Gasteiger partial charge on any atom is 0.411 e. The summed E-state index contributed by atoms with van der Waals surface area (Å²) >= 11 is 4.72. The molecule has 1 aromatic rings. The van der Waals surface area contributed by atoms with Gasteiger partial charge in [0.2, 0.25) is 5.91 Å². The number of nitrogens with two attached hydrogens (primary N) is 1. The molecule has 0 atom stereocenters. The molecular weight excluding hydrogens is 285 g/mol. The SMILES string of the molecule is NC(=S)c1cn[nH]c1NC(=O)CCOCC(F)(F)F. The molecular formula is C9H11F3N4O2S. The van der Waals surface area contributed by atoms with Crippen LogP contribution >= 0.6 is 12.2 Å². The molecule has 0 aliphatic heterocycles. The lowest BCUT2D eigenvalue weighted by molar-refractivity contribution is -0.174. The number of rotatable bonds is 6. The van der Waals surface area contributed by atoms with Crippen LogP contribution in [0, 0.1) is 0 Å². The van der Waals surface area contributed by atoms with Crippen LogP contribution in [0.1, 0.15) is 12.0 Å². The first-order valence-corrected chi connectivity index (χ1v) is 5.48. The Labute approximate surface area is 111 Å². The zero-order valence-corrected chi connectivity index (χ0v) is 10.4. The normalized spacial score (nSPS) is 11.3. The smallest absolute Gasteiger partial charge is 0.389 e. The van der Waals surface area contributed by atoms with Crippen molar-refractivity contribution >= 4 is 28.9 Å². The maximum absolute atomic E-state index is 11.8. The van der Waals surface area contributed by atoms with Crippen LogP contribution in [0.25, 0.3) is 0 Å². The third-order valence-electron chi connectivity index (χ3n) is 1.91. The molecule has 4 N–H and O–H groups in total. The molecule has 1 rings (SSSR count). The summed E-state index contributed by atoms with van der Waals surface area (Å²) in [6, 6.07) is 0. The highest BCUT2D eigenvalue weighted by molar-refractivity contribution is 7.80. The van der Waals surface area contributed by atoms with E-state index in [1.807, 2.05) is 0 Å². The van der Waals surface area contributed by atoms with Crippen LogP contribution in [-0.2, 0) is 9.53 Å². The number of carbonyl (C=O) groups is 1. The van der Waals surface area contributed by atoms with Gasteiger partial charge in [-0.05, 0) is 0 Å². The van der Waals surface area contributed by atoms with E-state index in [2.05, 4.69) is 20.3 Å². The van der Waals surface area contributed by atoms with Gasteiger partial charge in [-0.1, -0.05) is 12.2 Å². The third-order valence-corrected chi connectivity index (χ3v) is 2.13. The van der Waals surface area contributed by atoms with Gasteiger partial charge in [-0.25, -0.2) is 0 Å². The predicted molar refractivity (Wildman–Crippen MR) is 64.6 cm³/mol. The zero-order valence-electron chi connectivity index (χ0n) is 9.58. The van der Waals surface area contributed by atoms with Gasteiger partial charge in [0.15, 0.2) is 0 Å². The summed E-state index contributed by atoms with van der Waals surface area (Å²) in [5.41, 5.74) is 5.72. The quantitative estimate of drug-likeness (QED) is 0.537. The second-order valence-electron chi connectivity index (χ2n) is 3.49. The average Bonchev–Trinajstić information content (AvgIpc) is 2.71. The number of aromatic amines is 1. The van der Waals surface area contributed by atoms with Gasteiger partial charge in [-0.3, -0.25) is 9.89 Å². The van der Waals surface area contributed by atoms with Gasteiger partial charge in [0.25, 0.3) is 0 Å². The van der Waals surface area contributed by atoms with Crippen LogP contribution in [0.4, 0.5) is 19.0 Å². The van der Waals surface area contributed by atoms with Gasteiger partial charge >= 0.3 is 6.18 Å². The number of nitrogens with zero attached hydrogens (tertiary/aromatic N) is 1. The maximum atomic E-state index is 11.8. The largest absolute Gasteiger partial charge is 0.411 e. The number of nitrogens with one attached hydrogen (secondary N) is 2. The van der Waals surface area contributed by atoms with E-state index >= 15 is 0 Å². The fourth-order valence-electron chi connectivity index (χ4n) is 1.12. The third kappa shape index (κ3) is 5.66. The van der Waals surface area contributed by atoms with Crippen LogP contribution in [0.15, 0.2) is 6.20 Å². The molecule has 19 heavy (non-hydrogen) atoms. The summed E-state index contributed by atoms with van der Waals surface area (Å²) in [6.07, 6.45) is -3.30. The highest BCUT2D eigenvalue weighted by Gasteiger charge is 2.27. The number of hydrogen-bond acceptors (Lipinski definition) is 4. The average molecular weight is 296 g/mol. The van der Waals surface area contributed by atoms with Crippen molar-refractivity contribution in [2.45, 2.75) is 12.6 Å². The van der Waals surface area contributed by atoms with Gasteiger partial charge in [0.05, 0.1) is 24.8 Å². The molecule has 6 nitrogen and oxygen atoms in total. The number of H-pyrrole nitrogens is 1. The Morgan fingerprint density at radius 2 is 2.26 bits per heavy atom. The first kappa shape index (κ1) is 15.4. The summed E-state index contributed by atoms with van der Waals surface area (Å²) in [5.74, 6) is -0.336. The van der Waals surface area contributed by atoms with Gasteiger partial charge in [0.1, 0.15) is 17.4 Å². The molecule has 0 saturated heterocycles. The Morgan fingerprint density at radius 1 is 1.58 bits per heavy atom. The number of anilines is 1. The molecule has 0 fully saturated rings. The molecule has 0 saturated carbocycles. The van der Waals surface area contributed by atoms with Crippen molar-refractivity contribution in [3.8, 4) is 0 Å². The van der Waals surface area contributed by atoms with E-state index in [1.165, 1.54) is 6.20 Å². The van der Waals surface area contributed by atoms with Crippen molar-refractivity contribution in [1.29, 1.82) is 0 Å². The molecule has 1 amide bonds. The predicted octanol–water partition coefficient (Wildman–Crippen LogP) is 0.951. The van der Waals surface area contributed by atoms with Crippen LogP contribution < -0.4 is 11.1 Å². The minimum Gasteiger partial charge on any atom is -0.389 e. The fourth-order valence-corrected chi connectivity index (χ4v) is 1.28. The van der Waals surface area contributed by atoms with E-state index in [0.29, 0.717) is 5.56 Å². The molecule has 10 heteroatoms. The first-order valence-electron chi connectivity index (χ1n) is 5.07. The van der Waals surface area contributed by atoms with E-state index in [9.17, 15) is 18.0 Å². The van der Waals surface area contributed by atoms with Gasteiger partial charge in [-0.15, -0.1) is 0 Å². The lowest BCUT2D eigenvalue weighted by atomic mass is 10.3. The van der Waals surface area contributed by atoms with Crippen LogP contribution in [0.5, 0.6) is 0 Å². The minimum atomic E-state index is -4.40. The number of aromatic nitrogens is 2. The second kappa shape index (κ2) is 6.48. The van der Waals surface area contributed by atoms with Crippen molar-refractivity contribution in [2.75, 3.05) is 18.5 Å². The summed E-state index contributed by atoms with van der Waals surface area (Å²) < 4.78 is 39.6. The summed E-state index contributed by atoms with van der Waals surface area (Å²) in [5, 5.41) is 8.48. The van der Waals surface area contributed by atoms with E-state index < -0.39 is 18.7 Å². The molecule has 1 heterocycles. The Balaban J connectivity index is 2.35. The monoisotopic (exact) mass is 296 g/mol. The second-order valence-corrected chi connectivity index (χ2v) is 3.93. The lowest BCUT2D eigenvalue weighted by Crippen LogP contribution is -2.21. The number of carbonyl (C=O) groups excluding carboxylic acids is 1. The number of amides is 1. The Morgan fingerprint density at radius 3 is 2.84 bits per heavy atom. The molecule has 1 aromatic heterocycles. The lowest BCUT2D eigenvalue weighted by Gasteiger charge is -2.08. The van der Waals surface area contributed by atoms with Crippen molar-refractivity contribution in [1.82, 2.24) is 10.2 Å². The molecule has 0 radical (unpaired) electrons. The molecule has 0 spiro atoms. The first-order chi connectivity index (χ1) is 8.79. The molecule has 0 aromatic carbocycles. The number of ether oxygens (including phenoxy) is 1. The van der Waals surface area contributed by atoms with E-state index in [-0.39, 0.29) is 23.8 Å². The Bertz CT molecular complexity index is 461. The fraction of sp³-hybridized carbons (Fsp3) is 0.444. The summed E-state index contributed by atoms with van der Waals surface area (Å²) in [6.45, 7) is -1.73. The summed E-state index contributed by atoms with van der Waals surface area (Å²) in [7, 11) is 0. The topological polar surface area (TPSA) is 93.0 Å².